The van der Waals surface area contributed by atoms with Gasteiger partial charge in [-0.15, -0.1) is 0 Å². The van der Waals surface area contributed by atoms with E-state index in [-0.39, 0.29) is 11.8 Å². The van der Waals surface area contributed by atoms with Gasteiger partial charge in [-0.3, -0.25) is 9.59 Å². The summed E-state index contributed by atoms with van der Waals surface area (Å²) in [6.07, 6.45) is 2.09. The number of anilines is 2. The molecule has 0 radical (unpaired) electrons. The molecular formula is C37H41ClN4O5. The predicted molar refractivity (Wildman–Crippen MR) is 186 cm³/mol. The smallest absolute Gasteiger partial charge is 0.259 e. The Morgan fingerprint density at radius 3 is 1.70 bits per heavy atom. The normalized spacial score (nSPS) is 14.1. The Hall–Kier alpha value is -4.57. The lowest BCUT2D eigenvalue weighted by atomic mass is 9.99. The van der Waals surface area contributed by atoms with Crippen LogP contribution in [0, 0.1) is 0 Å². The second kappa shape index (κ2) is 15.3. The largest absolute Gasteiger partial charge is 0.497 e. The van der Waals surface area contributed by atoms with Crippen LogP contribution < -0.4 is 24.8 Å². The minimum atomic E-state index is -0.228. The molecule has 9 nitrogen and oxygen atoms in total. The molecule has 2 aliphatic heterocycles. The van der Waals surface area contributed by atoms with E-state index in [1.165, 1.54) is 29.4 Å². The zero-order chi connectivity index (χ0) is 33.5. The van der Waals surface area contributed by atoms with Crippen LogP contribution in [0.5, 0.6) is 17.2 Å². The van der Waals surface area contributed by atoms with Crippen LogP contribution in [-0.4, -0.2) is 70.1 Å². The third-order valence-electron chi connectivity index (χ3n) is 8.39. The fourth-order valence-corrected chi connectivity index (χ4v) is 5.96. The number of fused-ring (bicyclic) bond motifs is 2. The maximum atomic E-state index is 12.6. The number of carbonyl (C=O) groups excluding carboxylic acids is 2. The Balaban J connectivity index is 0.000000185. The number of hydrogen-bond acceptors (Lipinski definition) is 7. The zero-order valence-electron chi connectivity index (χ0n) is 27.5. The van der Waals surface area contributed by atoms with E-state index in [0.29, 0.717) is 33.4 Å². The van der Waals surface area contributed by atoms with E-state index in [0.717, 1.165) is 50.4 Å². The number of rotatable bonds is 7. The summed E-state index contributed by atoms with van der Waals surface area (Å²) in [6.45, 7) is 3.95. The summed E-state index contributed by atoms with van der Waals surface area (Å²) in [7, 11) is 8.87. The quantitative estimate of drug-likeness (QED) is 0.234. The van der Waals surface area contributed by atoms with Gasteiger partial charge in [0.2, 0.25) is 0 Å². The molecule has 47 heavy (non-hydrogen) atoms. The van der Waals surface area contributed by atoms with Crippen LogP contribution in [0.2, 0.25) is 5.02 Å². The Bertz CT molecular complexity index is 1760. The van der Waals surface area contributed by atoms with E-state index in [9.17, 15) is 9.59 Å². The third kappa shape index (κ3) is 8.43. The second-order valence-corrected chi connectivity index (χ2v) is 12.2. The molecule has 0 fully saturated rings. The minimum Gasteiger partial charge on any atom is -0.497 e. The number of carbonyl (C=O) groups is 2. The standard InChI is InChI=1S/C19H22N2O3.C18H19ClN2O2/c1-21-9-8-13-4-5-15(10-14(13)12-21)20-19(22)17-7-6-16(23-2)11-18(17)24-3;1-21-8-7-12-3-5-15(9-13(12)11-21)20-18(22)16-10-14(19)4-6-17(16)23-2/h4-7,10-11H,8-9,12H2,1-3H3,(H,20,22);3-6,9-10H,7-8,11H2,1-2H3,(H,20,22). The maximum absolute atomic E-state index is 12.6. The van der Waals surface area contributed by atoms with Crippen molar-refractivity contribution in [2.45, 2.75) is 25.9 Å². The molecule has 0 aliphatic carbocycles. The van der Waals surface area contributed by atoms with Crippen LogP contribution in [0.1, 0.15) is 43.0 Å². The third-order valence-corrected chi connectivity index (χ3v) is 8.63. The number of hydrogen-bond donors (Lipinski definition) is 2. The summed E-state index contributed by atoms with van der Waals surface area (Å²) >= 11 is 5.99. The lowest BCUT2D eigenvalue weighted by molar-refractivity contribution is 0.101. The average molecular weight is 657 g/mol. The molecule has 0 spiro atoms. The van der Waals surface area contributed by atoms with E-state index >= 15 is 0 Å². The lowest BCUT2D eigenvalue weighted by Gasteiger charge is -2.25. The van der Waals surface area contributed by atoms with E-state index < -0.39 is 0 Å². The monoisotopic (exact) mass is 656 g/mol. The van der Waals surface area contributed by atoms with Gasteiger partial charge < -0.3 is 34.6 Å². The molecule has 0 bridgehead atoms. The first-order chi connectivity index (χ1) is 22.7. The van der Waals surface area contributed by atoms with Gasteiger partial charge in [0.15, 0.2) is 0 Å². The molecule has 6 rings (SSSR count). The molecule has 2 amide bonds. The molecule has 0 atom stereocenters. The Labute approximate surface area is 281 Å². The molecule has 2 aliphatic rings. The number of halogens is 1. The van der Waals surface area contributed by atoms with Crippen molar-refractivity contribution in [1.29, 1.82) is 0 Å². The second-order valence-electron chi connectivity index (χ2n) is 11.8. The molecule has 0 unspecified atom stereocenters. The summed E-state index contributed by atoms with van der Waals surface area (Å²) in [5, 5.41) is 6.39. The minimum absolute atomic E-state index is 0.196. The molecule has 10 heteroatoms. The molecular weight excluding hydrogens is 616 g/mol. The summed E-state index contributed by atoms with van der Waals surface area (Å²) < 4.78 is 15.7. The molecule has 2 heterocycles. The number of nitrogens with one attached hydrogen (secondary N) is 2. The van der Waals surface area contributed by atoms with Gasteiger partial charge in [-0.25, -0.2) is 0 Å². The predicted octanol–water partition coefficient (Wildman–Crippen LogP) is 6.53. The highest BCUT2D eigenvalue weighted by Gasteiger charge is 2.18. The molecule has 0 saturated carbocycles. The Morgan fingerprint density at radius 2 is 1.17 bits per heavy atom. The fraction of sp³-hybridized carbons (Fsp3) is 0.297. The van der Waals surface area contributed by atoms with Crippen LogP contribution in [0.15, 0.2) is 72.8 Å². The van der Waals surface area contributed by atoms with Crippen LogP contribution >= 0.6 is 11.6 Å². The van der Waals surface area contributed by atoms with Crippen molar-refractivity contribution in [3.63, 3.8) is 0 Å². The van der Waals surface area contributed by atoms with Crippen molar-refractivity contribution in [2.24, 2.45) is 0 Å². The number of methoxy groups -OCH3 is 3. The van der Waals surface area contributed by atoms with Gasteiger partial charge >= 0.3 is 0 Å². The number of benzene rings is 4. The summed E-state index contributed by atoms with van der Waals surface area (Å²) in [4.78, 5) is 29.7. The summed E-state index contributed by atoms with van der Waals surface area (Å²) in [6, 6.07) is 22.4. The molecule has 246 valence electrons. The highest BCUT2D eigenvalue weighted by atomic mass is 35.5. The van der Waals surface area contributed by atoms with Crippen molar-refractivity contribution in [3.05, 3.63) is 111 Å². The lowest BCUT2D eigenvalue weighted by Crippen LogP contribution is -2.26. The summed E-state index contributed by atoms with van der Waals surface area (Å²) in [5.74, 6) is 1.22. The van der Waals surface area contributed by atoms with Crippen LogP contribution in [-0.2, 0) is 25.9 Å². The van der Waals surface area contributed by atoms with Crippen molar-refractivity contribution in [1.82, 2.24) is 9.80 Å². The molecule has 0 aromatic heterocycles. The van der Waals surface area contributed by atoms with Gasteiger partial charge in [0.05, 0.1) is 32.5 Å². The van der Waals surface area contributed by atoms with Gasteiger partial charge in [-0.2, -0.15) is 0 Å². The Kier molecular flexibility index (Phi) is 11.0. The maximum Gasteiger partial charge on any atom is 0.259 e. The topological polar surface area (TPSA) is 92.4 Å². The number of amides is 2. The SMILES string of the molecule is COc1ccc(C(=O)Nc2ccc3c(c2)CN(C)CC3)c(OC)c1.COc1ccc(Cl)cc1C(=O)Nc1ccc2c(c1)CN(C)CC2. The van der Waals surface area contributed by atoms with E-state index in [1.807, 2.05) is 18.2 Å². The first-order valence-corrected chi connectivity index (χ1v) is 15.8. The number of likely N-dealkylation sites (N-methyl/N-ethyl adjacent to an activating group) is 2. The first kappa shape index (κ1) is 33.8. The average Bonchev–Trinajstić information content (AvgIpc) is 3.07. The van der Waals surface area contributed by atoms with E-state index in [1.54, 1.807) is 50.6 Å². The van der Waals surface area contributed by atoms with E-state index in [4.69, 9.17) is 25.8 Å². The molecule has 2 N–H and O–H groups in total. The van der Waals surface area contributed by atoms with Crippen LogP contribution in [0.4, 0.5) is 11.4 Å². The van der Waals surface area contributed by atoms with Crippen molar-refractivity contribution < 1.29 is 23.8 Å². The van der Waals surface area contributed by atoms with Gasteiger partial charge in [0.1, 0.15) is 17.2 Å². The van der Waals surface area contributed by atoms with Crippen LogP contribution in [0.3, 0.4) is 0 Å². The fourth-order valence-electron chi connectivity index (χ4n) is 5.79. The Morgan fingerprint density at radius 1 is 0.617 bits per heavy atom. The highest BCUT2D eigenvalue weighted by molar-refractivity contribution is 6.31. The number of ether oxygens (including phenoxy) is 3. The van der Waals surface area contributed by atoms with Crippen molar-refractivity contribution in [2.75, 3.05) is 59.1 Å². The van der Waals surface area contributed by atoms with Gasteiger partial charge in [-0.05, 0) is 104 Å². The molecule has 0 saturated heterocycles. The highest BCUT2D eigenvalue weighted by Crippen LogP contribution is 2.28. The summed E-state index contributed by atoms with van der Waals surface area (Å²) in [5.41, 5.74) is 7.72. The first-order valence-electron chi connectivity index (χ1n) is 15.5. The van der Waals surface area contributed by atoms with Crippen molar-refractivity contribution in [3.8, 4) is 17.2 Å². The molecule has 4 aromatic rings. The van der Waals surface area contributed by atoms with Gasteiger partial charge in [-0.1, -0.05) is 23.7 Å². The van der Waals surface area contributed by atoms with Gasteiger partial charge in [0.25, 0.3) is 11.8 Å². The van der Waals surface area contributed by atoms with E-state index in [2.05, 4.69) is 52.7 Å². The van der Waals surface area contributed by atoms with Crippen LogP contribution in [0.25, 0.3) is 0 Å². The van der Waals surface area contributed by atoms with Crippen molar-refractivity contribution >= 4 is 34.8 Å². The zero-order valence-corrected chi connectivity index (χ0v) is 28.2. The van der Waals surface area contributed by atoms with Gasteiger partial charge in [0, 0.05) is 48.6 Å². The number of nitrogens with zero attached hydrogens (tertiary/aromatic N) is 2. The molecule has 4 aromatic carbocycles.